The van der Waals surface area contributed by atoms with Gasteiger partial charge in [0.1, 0.15) is 19.0 Å². The minimum absolute atomic E-state index is 0.272. The maximum absolute atomic E-state index is 12.1. The minimum Gasteiger partial charge on any atom is -0.497 e. The molecule has 0 unspecified atom stereocenters. The Kier molecular flexibility index (Phi) is 5.65. The molecule has 0 bridgehead atoms. The van der Waals surface area contributed by atoms with Crippen LogP contribution in [0.25, 0.3) is 0 Å². The van der Waals surface area contributed by atoms with Gasteiger partial charge in [-0.1, -0.05) is 12.1 Å². The van der Waals surface area contributed by atoms with Crippen molar-refractivity contribution in [2.45, 2.75) is 6.42 Å². The SMILES string of the molecule is COc1ccc(CCNC(=O)Nc2cc3c(cc2Br)OCCO3)cc1. The number of benzene rings is 2. The Morgan fingerprint density at radius 2 is 1.84 bits per heavy atom. The highest BCUT2D eigenvalue weighted by Crippen LogP contribution is 2.38. The van der Waals surface area contributed by atoms with Crippen LogP contribution in [0.4, 0.5) is 10.5 Å². The van der Waals surface area contributed by atoms with E-state index in [4.69, 9.17) is 14.2 Å². The number of halogens is 1. The largest absolute Gasteiger partial charge is 0.497 e. The van der Waals surface area contributed by atoms with Crippen molar-refractivity contribution in [2.75, 3.05) is 32.2 Å². The van der Waals surface area contributed by atoms with Crippen LogP contribution in [0.5, 0.6) is 17.2 Å². The summed E-state index contributed by atoms with van der Waals surface area (Å²) < 4.78 is 16.9. The molecule has 1 aliphatic rings. The lowest BCUT2D eigenvalue weighted by molar-refractivity contribution is 0.171. The summed E-state index contributed by atoms with van der Waals surface area (Å²) in [6, 6.07) is 11.0. The Morgan fingerprint density at radius 1 is 1.16 bits per heavy atom. The monoisotopic (exact) mass is 406 g/mol. The maximum atomic E-state index is 12.1. The summed E-state index contributed by atoms with van der Waals surface area (Å²) in [4.78, 5) is 12.1. The summed E-state index contributed by atoms with van der Waals surface area (Å²) in [5, 5.41) is 5.65. The molecule has 2 amide bonds. The van der Waals surface area contributed by atoms with Crippen LogP contribution in [-0.2, 0) is 6.42 Å². The Balaban J connectivity index is 1.52. The number of anilines is 1. The van der Waals surface area contributed by atoms with Gasteiger partial charge in [-0.25, -0.2) is 4.79 Å². The smallest absolute Gasteiger partial charge is 0.319 e. The lowest BCUT2D eigenvalue weighted by atomic mass is 10.1. The van der Waals surface area contributed by atoms with Gasteiger partial charge < -0.3 is 24.8 Å². The normalized spacial score (nSPS) is 12.4. The first-order chi connectivity index (χ1) is 12.2. The number of methoxy groups -OCH3 is 1. The second-order valence-corrected chi connectivity index (χ2v) is 6.31. The molecular formula is C18H19BrN2O4. The van der Waals surface area contributed by atoms with E-state index in [-0.39, 0.29) is 6.03 Å². The molecule has 2 aromatic rings. The molecule has 1 aliphatic heterocycles. The van der Waals surface area contributed by atoms with Gasteiger partial charge in [0.05, 0.1) is 12.8 Å². The summed E-state index contributed by atoms with van der Waals surface area (Å²) in [5.74, 6) is 2.12. The van der Waals surface area contributed by atoms with E-state index in [9.17, 15) is 4.79 Å². The molecule has 3 rings (SSSR count). The Hall–Kier alpha value is -2.41. The summed E-state index contributed by atoms with van der Waals surface area (Å²) >= 11 is 3.43. The topological polar surface area (TPSA) is 68.8 Å². The molecule has 0 radical (unpaired) electrons. The fourth-order valence-electron chi connectivity index (χ4n) is 2.44. The molecule has 0 aliphatic carbocycles. The molecule has 7 heteroatoms. The molecule has 2 N–H and O–H groups in total. The molecular weight excluding hydrogens is 388 g/mol. The number of urea groups is 1. The average Bonchev–Trinajstić information content (AvgIpc) is 2.63. The first-order valence-electron chi connectivity index (χ1n) is 7.92. The van der Waals surface area contributed by atoms with Crippen LogP contribution in [0.15, 0.2) is 40.9 Å². The number of ether oxygens (including phenoxy) is 3. The maximum Gasteiger partial charge on any atom is 0.319 e. The zero-order valence-electron chi connectivity index (χ0n) is 13.8. The van der Waals surface area contributed by atoms with Crippen molar-refractivity contribution in [1.29, 1.82) is 0 Å². The summed E-state index contributed by atoms with van der Waals surface area (Å²) in [7, 11) is 1.64. The number of amides is 2. The Labute approximate surface area is 154 Å². The first-order valence-corrected chi connectivity index (χ1v) is 8.72. The van der Waals surface area contributed by atoms with Crippen LogP contribution in [0.1, 0.15) is 5.56 Å². The Morgan fingerprint density at radius 3 is 2.52 bits per heavy atom. The van der Waals surface area contributed by atoms with Crippen LogP contribution in [0.2, 0.25) is 0 Å². The lowest BCUT2D eigenvalue weighted by Crippen LogP contribution is -2.30. The standard InChI is InChI=1S/C18H19BrN2O4/c1-23-13-4-2-12(3-5-13)6-7-20-18(22)21-15-11-17-16(10-14(15)19)24-8-9-25-17/h2-5,10-11H,6-9H2,1H3,(H2,20,21,22). The van der Waals surface area contributed by atoms with Gasteiger partial charge in [-0.3, -0.25) is 0 Å². The van der Waals surface area contributed by atoms with E-state index in [2.05, 4.69) is 26.6 Å². The van der Waals surface area contributed by atoms with E-state index in [1.54, 1.807) is 19.2 Å². The zero-order chi connectivity index (χ0) is 17.6. The van der Waals surface area contributed by atoms with E-state index >= 15 is 0 Å². The number of rotatable bonds is 5. The van der Waals surface area contributed by atoms with Gasteiger partial charge in [0, 0.05) is 23.2 Å². The van der Waals surface area contributed by atoms with Gasteiger partial charge in [-0.15, -0.1) is 0 Å². The average molecular weight is 407 g/mol. The van der Waals surface area contributed by atoms with Gasteiger partial charge in [-0.05, 0) is 40.0 Å². The number of hydrogen-bond acceptors (Lipinski definition) is 4. The minimum atomic E-state index is -0.272. The summed E-state index contributed by atoms with van der Waals surface area (Å²) in [6.07, 6.45) is 0.736. The molecule has 0 saturated heterocycles. The number of fused-ring (bicyclic) bond motifs is 1. The molecule has 0 fully saturated rings. The van der Waals surface area contributed by atoms with Crippen LogP contribution in [0.3, 0.4) is 0 Å². The van der Waals surface area contributed by atoms with Gasteiger partial charge in [0.15, 0.2) is 11.5 Å². The Bertz CT molecular complexity index is 749. The van der Waals surface area contributed by atoms with Gasteiger partial charge >= 0.3 is 6.03 Å². The highest BCUT2D eigenvalue weighted by molar-refractivity contribution is 9.10. The number of nitrogens with one attached hydrogen (secondary N) is 2. The van der Waals surface area contributed by atoms with E-state index < -0.39 is 0 Å². The number of carbonyl (C=O) groups is 1. The van der Waals surface area contributed by atoms with Crippen molar-refractivity contribution >= 4 is 27.6 Å². The van der Waals surface area contributed by atoms with Crippen molar-refractivity contribution in [2.24, 2.45) is 0 Å². The van der Waals surface area contributed by atoms with Crippen molar-refractivity contribution in [3.05, 3.63) is 46.4 Å². The van der Waals surface area contributed by atoms with Crippen LogP contribution >= 0.6 is 15.9 Å². The van der Waals surface area contributed by atoms with Gasteiger partial charge in [0.25, 0.3) is 0 Å². The third-order valence-corrected chi connectivity index (χ3v) is 4.39. The van der Waals surface area contributed by atoms with Crippen LogP contribution < -0.4 is 24.8 Å². The molecule has 0 spiro atoms. The van der Waals surface area contributed by atoms with Gasteiger partial charge in [-0.2, -0.15) is 0 Å². The third kappa shape index (κ3) is 4.57. The fraction of sp³-hybridized carbons (Fsp3) is 0.278. The van der Waals surface area contributed by atoms with E-state index in [0.717, 1.165) is 22.2 Å². The molecule has 132 valence electrons. The fourth-order valence-corrected chi connectivity index (χ4v) is 2.86. The van der Waals surface area contributed by atoms with Crippen LogP contribution in [0, 0.1) is 0 Å². The molecule has 0 atom stereocenters. The van der Waals surface area contributed by atoms with E-state index in [0.29, 0.717) is 36.9 Å². The molecule has 2 aromatic carbocycles. The van der Waals surface area contributed by atoms with E-state index in [1.165, 1.54) is 0 Å². The number of carbonyl (C=O) groups excluding carboxylic acids is 1. The zero-order valence-corrected chi connectivity index (χ0v) is 15.4. The first kappa shape index (κ1) is 17.4. The second-order valence-electron chi connectivity index (χ2n) is 5.45. The quantitative estimate of drug-likeness (QED) is 0.795. The van der Waals surface area contributed by atoms with Crippen molar-refractivity contribution < 1.29 is 19.0 Å². The highest BCUT2D eigenvalue weighted by atomic mass is 79.9. The third-order valence-electron chi connectivity index (χ3n) is 3.74. The van der Waals surface area contributed by atoms with Crippen LogP contribution in [-0.4, -0.2) is 32.9 Å². The summed E-state index contributed by atoms with van der Waals surface area (Å²) in [6.45, 7) is 1.56. The molecule has 0 aromatic heterocycles. The number of hydrogen-bond donors (Lipinski definition) is 2. The summed E-state index contributed by atoms with van der Waals surface area (Å²) in [5.41, 5.74) is 1.76. The molecule has 1 heterocycles. The van der Waals surface area contributed by atoms with Crippen molar-refractivity contribution in [3.63, 3.8) is 0 Å². The predicted octanol–water partition coefficient (Wildman–Crippen LogP) is 3.59. The van der Waals surface area contributed by atoms with Gasteiger partial charge in [0.2, 0.25) is 0 Å². The highest BCUT2D eigenvalue weighted by Gasteiger charge is 2.16. The second kappa shape index (κ2) is 8.11. The lowest BCUT2D eigenvalue weighted by Gasteiger charge is -2.20. The van der Waals surface area contributed by atoms with Crippen molar-refractivity contribution in [1.82, 2.24) is 5.32 Å². The predicted molar refractivity (Wildman–Crippen MR) is 98.9 cm³/mol. The molecule has 6 nitrogen and oxygen atoms in total. The van der Waals surface area contributed by atoms with Crippen molar-refractivity contribution in [3.8, 4) is 17.2 Å². The van der Waals surface area contributed by atoms with E-state index in [1.807, 2.05) is 24.3 Å². The molecule has 25 heavy (non-hydrogen) atoms. The molecule has 0 saturated carbocycles.